The lowest BCUT2D eigenvalue weighted by Gasteiger charge is -2.16. The van der Waals surface area contributed by atoms with Gasteiger partial charge in [-0.05, 0) is 18.4 Å². The van der Waals surface area contributed by atoms with Crippen LogP contribution in [0.15, 0.2) is 24.3 Å². The quantitative estimate of drug-likeness (QED) is 0.879. The van der Waals surface area contributed by atoms with Gasteiger partial charge >= 0.3 is 5.97 Å². The predicted molar refractivity (Wildman–Crippen MR) is 85.2 cm³/mol. The summed E-state index contributed by atoms with van der Waals surface area (Å²) in [6.07, 6.45) is 0.379. The highest BCUT2D eigenvalue weighted by molar-refractivity contribution is 7.21. The van der Waals surface area contributed by atoms with E-state index in [0.717, 1.165) is 10.1 Å². The molecule has 6 heteroatoms. The Labute approximate surface area is 131 Å². The second kappa shape index (κ2) is 6.45. The first-order valence-electron chi connectivity index (χ1n) is 6.60. The van der Waals surface area contributed by atoms with Gasteiger partial charge in [-0.15, -0.1) is 11.3 Å². The van der Waals surface area contributed by atoms with Crippen molar-refractivity contribution in [2.75, 3.05) is 0 Å². The van der Waals surface area contributed by atoms with Gasteiger partial charge in [0, 0.05) is 10.1 Å². The fourth-order valence-electron chi connectivity index (χ4n) is 2.08. The maximum atomic E-state index is 12.3. The standard InChI is InChI=1S/C15H16ClNO3S/c1-8(2)7-10(15(19)20)17-14(18)13-12(16)9-5-3-4-6-11(9)21-13/h3-6,8,10H,7H2,1-2H3,(H,17,18)(H,19,20)/t10-/m0/s1. The minimum Gasteiger partial charge on any atom is -0.480 e. The minimum absolute atomic E-state index is 0.171. The Bertz CT molecular complexity index is 681. The van der Waals surface area contributed by atoms with E-state index in [2.05, 4.69) is 5.32 Å². The van der Waals surface area contributed by atoms with Gasteiger partial charge in [0.1, 0.15) is 10.9 Å². The van der Waals surface area contributed by atoms with Gasteiger partial charge in [0.05, 0.1) is 5.02 Å². The highest BCUT2D eigenvalue weighted by atomic mass is 35.5. The molecule has 0 saturated heterocycles. The van der Waals surface area contributed by atoms with Crippen LogP contribution in [0.1, 0.15) is 29.9 Å². The number of hydrogen-bond acceptors (Lipinski definition) is 3. The van der Waals surface area contributed by atoms with E-state index < -0.39 is 17.9 Å². The molecule has 1 amide bonds. The molecule has 0 unspecified atom stereocenters. The normalized spacial score (nSPS) is 12.6. The van der Waals surface area contributed by atoms with Gasteiger partial charge in [0.15, 0.2) is 0 Å². The Morgan fingerprint density at radius 1 is 1.33 bits per heavy atom. The summed E-state index contributed by atoms with van der Waals surface area (Å²) >= 11 is 7.49. The molecule has 112 valence electrons. The molecule has 0 radical (unpaired) electrons. The molecule has 21 heavy (non-hydrogen) atoms. The number of amides is 1. The van der Waals surface area contributed by atoms with Crippen molar-refractivity contribution >= 4 is 44.9 Å². The molecule has 2 N–H and O–H groups in total. The number of halogens is 1. The molecule has 4 nitrogen and oxygen atoms in total. The van der Waals surface area contributed by atoms with Crippen LogP contribution in [0.5, 0.6) is 0 Å². The molecular formula is C15H16ClNO3S. The monoisotopic (exact) mass is 325 g/mol. The van der Waals surface area contributed by atoms with Crippen LogP contribution in [0, 0.1) is 5.92 Å². The lowest BCUT2D eigenvalue weighted by molar-refractivity contribution is -0.139. The summed E-state index contributed by atoms with van der Waals surface area (Å²) in [6, 6.07) is 6.54. The number of carboxylic acid groups (broad SMARTS) is 1. The van der Waals surface area contributed by atoms with Gasteiger partial charge in [0.2, 0.25) is 0 Å². The van der Waals surface area contributed by atoms with Crippen molar-refractivity contribution in [3.63, 3.8) is 0 Å². The fourth-order valence-corrected chi connectivity index (χ4v) is 3.50. The van der Waals surface area contributed by atoms with Crippen LogP contribution in [-0.4, -0.2) is 23.0 Å². The van der Waals surface area contributed by atoms with E-state index in [-0.39, 0.29) is 5.92 Å². The van der Waals surface area contributed by atoms with Crippen LogP contribution in [0.3, 0.4) is 0 Å². The van der Waals surface area contributed by atoms with Crippen molar-refractivity contribution in [2.24, 2.45) is 5.92 Å². The fraction of sp³-hybridized carbons (Fsp3) is 0.333. The van der Waals surface area contributed by atoms with E-state index in [1.807, 2.05) is 38.1 Å². The Morgan fingerprint density at radius 3 is 2.57 bits per heavy atom. The summed E-state index contributed by atoms with van der Waals surface area (Å²) in [6.45, 7) is 3.82. The van der Waals surface area contributed by atoms with Gasteiger partial charge in [-0.2, -0.15) is 0 Å². The Kier molecular flexibility index (Phi) is 4.85. The summed E-state index contributed by atoms with van der Waals surface area (Å²) in [5.74, 6) is -1.30. The molecule has 2 rings (SSSR count). The zero-order valence-corrected chi connectivity index (χ0v) is 13.3. The Balaban J connectivity index is 2.25. The molecule has 1 heterocycles. The summed E-state index contributed by atoms with van der Waals surface area (Å²) in [5.41, 5.74) is 0. The highest BCUT2D eigenvalue weighted by Gasteiger charge is 2.24. The first-order valence-corrected chi connectivity index (χ1v) is 7.80. The number of aliphatic carboxylic acids is 1. The lowest BCUT2D eigenvalue weighted by atomic mass is 10.0. The molecule has 1 aromatic carbocycles. The largest absolute Gasteiger partial charge is 0.480 e. The van der Waals surface area contributed by atoms with Crippen LogP contribution in [-0.2, 0) is 4.79 Å². The SMILES string of the molecule is CC(C)C[C@H](NC(=O)c1sc2ccccc2c1Cl)C(=O)O. The second-order valence-electron chi connectivity index (χ2n) is 5.24. The maximum Gasteiger partial charge on any atom is 0.326 e. The lowest BCUT2D eigenvalue weighted by Crippen LogP contribution is -2.41. The molecule has 1 aromatic heterocycles. The van der Waals surface area contributed by atoms with Gasteiger partial charge in [-0.25, -0.2) is 4.79 Å². The van der Waals surface area contributed by atoms with Crippen molar-refractivity contribution in [2.45, 2.75) is 26.3 Å². The topological polar surface area (TPSA) is 66.4 Å². The van der Waals surface area contributed by atoms with Gasteiger partial charge in [0.25, 0.3) is 5.91 Å². The summed E-state index contributed by atoms with van der Waals surface area (Å²) < 4.78 is 0.906. The molecule has 0 aliphatic heterocycles. The molecule has 0 saturated carbocycles. The number of rotatable bonds is 5. The first kappa shape index (κ1) is 15.8. The number of carboxylic acids is 1. The zero-order valence-electron chi connectivity index (χ0n) is 11.7. The number of thiophene rings is 1. The van der Waals surface area contributed by atoms with Crippen LogP contribution in [0.25, 0.3) is 10.1 Å². The highest BCUT2D eigenvalue weighted by Crippen LogP contribution is 2.35. The van der Waals surface area contributed by atoms with E-state index in [0.29, 0.717) is 16.3 Å². The molecule has 0 fully saturated rings. The van der Waals surface area contributed by atoms with Crippen molar-refractivity contribution < 1.29 is 14.7 Å². The summed E-state index contributed by atoms with van der Waals surface area (Å²) in [7, 11) is 0. The van der Waals surface area contributed by atoms with Gasteiger partial charge in [-0.1, -0.05) is 43.6 Å². The van der Waals surface area contributed by atoms with E-state index >= 15 is 0 Å². The predicted octanol–water partition coefficient (Wildman–Crippen LogP) is 3.78. The van der Waals surface area contributed by atoms with E-state index in [9.17, 15) is 14.7 Å². The van der Waals surface area contributed by atoms with Gasteiger partial charge < -0.3 is 10.4 Å². The minimum atomic E-state index is -1.03. The number of hydrogen-bond donors (Lipinski definition) is 2. The van der Waals surface area contributed by atoms with E-state index in [1.165, 1.54) is 11.3 Å². The van der Waals surface area contributed by atoms with Crippen LogP contribution in [0.4, 0.5) is 0 Å². The molecule has 0 aliphatic rings. The number of carbonyl (C=O) groups is 2. The summed E-state index contributed by atoms with van der Waals surface area (Å²) in [5, 5.41) is 12.9. The first-order chi connectivity index (χ1) is 9.90. The third kappa shape index (κ3) is 3.54. The number of nitrogens with one attached hydrogen (secondary N) is 1. The maximum absolute atomic E-state index is 12.3. The molecule has 2 aromatic rings. The molecule has 0 aliphatic carbocycles. The molecular weight excluding hydrogens is 310 g/mol. The van der Waals surface area contributed by atoms with Crippen molar-refractivity contribution in [3.8, 4) is 0 Å². The van der Waals surface area contributed by atoms with E-state index in [4.69, 9.17) is 11.6 Å². The van der Waals surface area contributed by atoms with Gasteiger partial charge in [-0.3, -0.25) is 4.79 Å². The second-order valence-corrected chi connectivity index (χ2v) is 6.67. The Hall–Kier alpha value is -1.59. The van der Waals surface area contributed by atoms with Crippen LogP contribution >= 0.6 is 22.9 Å². The third-order valence-corrected chi connectivity index (χ3v) is 4.73. The molecule has 0 bridgehead atoms. The van der Waals surface area contributed by atoms with Crippen LogP contribution in [0.2, 0.25) is 5.02 Å². The Morgan fingerprint density at radius 2 is 2.00 bits per heavy atom. The number of fused-ring (bicyclic) bond motifs is 1. The third-order valence-electron chi connectivity index (χ3n) is 3.05. The number of benzene rings is 1. The average molecular weight is 326 g/mol. The average Bonchev–Trinajstić information content (AvgIpc) is 2.75. The van der Waals surface area contributed by atoms with E-state index in [1.54, 1.807) is 0 Å². The van der Waals surface area contributed by atoms with Crippen LogP contribution < -0.4 is 5.32 Å². The molecule has 1 atom stereocenters. The zero-order chi connectivity index (χ0) is 15.6. The molecule has 0 spiro atoms. The summed E-state index contributed by atoms with van der Waals surface area (Å²) in [4.78, 5) is 23.9. The number of carbonyl (C=O) groups excluding carboxylic acids is 1. The van der Waals surface area contributed by atoms with Crippen molar-refractivity contribution in [1.82, 2.24) is 5.32 Å². The van der Waals surface area contributed by atoms with Crippen molar-refractivity contribution in [3.05, 3.63) is 34.2 Å². The smallest absolute Gasteiger partial charge is 0.326 e. The van der Waals surface area contributed by atoms with Crippen molar-refractivity contribution in [1.29, 1.82) is 0 Å².